The number of hydrogen-bond acceptors (Lipinski definition) is 3. The summed E-state index contributed by atoms with van der Waals surface area (Å²) in [5.74, 6) is -0.282. The van der Waals surface area contributed by atoms with Gasteiger partial charge in [0.25, 0.3) is 5.91 Å². The fraction of sp³-hybridized carbons (Fsp3) is 0.143. The molecular formula is C14H12Cl2N2OS. The van der Waals surface area contributed by atoms with E-state index in [4.69, 9.17) is 23.2 Å². The van der Waals surface area contributed by atoms with Crippen LogP contribution < -0.4 is 0 Å². The van der Waals surface area contributed by atoms with Crippen LogP contribution in [0.3, 0.4) is 0 Å². The van der Waals surface area contributed by atoms with Crippen molar-refractivity contribution in [2.75, 3.05) is 0 Å². The van der Waals surface area contributed by atoms with Gasteiger partial charge in [-0.15, -0.1) is 0 Å². The van der Waals surface area contributed by atoms with E-state index in [0.717, 1.165) is 5.56 Å². The Morgan fingerprint density at radius 2 is 1.75 bits per heavy atom. The van der Waals surface area contributed by atoms with Crippen LogP contribution in [0.15, 0.2) is 42.5 Å². The zero-order valence-corrected chi connectivity index (χ0v) is 13.0. The first-order valence-corrected chi connectivity index (χ1v) is 7.05. The van der Waals surface area contributed by atoms with Crippen molar-refractivity contribution >= 4 is 41.9 Å². The van der Waals surface area contributed by atoms with Crippen LogP contribution in [0.25, 0.3) is 0 Å². The zero-order valence-electron chi connectivity index (χ0n) is 10.6. The molecule has 0 radical (unpaired) electrons. The van der Waals surface area contributed by atoms with E-state index in [1.807, 2.05) is 37.3 Å². The van der Waals surface area contributed by atoms with E-state index >= 15 is 0 Å². The van der Waals surface area contributed by atoms with Crippen molar-refractivity contribution in [3.8, 4) is 0 Å². The number of carbonyl (C=O) groups excluding carboxylic acids is 1. The summed E-state index contributed by atoms with van der Waals surface area (Å²) in [4.78, 5) is 16.2. The van der Waals surface area contributed by atoms with E-state index in [-0.39, 0.29) is 22.3 Å². The average Bonchev–Trinajstić information content (AvgIpc) is 2.45. The third-order valence-electron chi connectivity index (χ3n) is 2.87. The molecule has 104 valence electrons. The maximum absolute atomic E-state index is 12.4. The van der Waals surface area contributed by atoms with E-state index in [1.165, 1.54) is 16.4 Å². The highest BCUT2D eigenvalue weighted by Gasteiger charge is 2.20. The maximum atomic E-state index is 12.4. The number of aromatic nitrogens is 1. The number of nitrogens with zero attached hydrogens (tertiary/aromatic N) is 2. The van der Waals surface area contributed by atoms with Gasteiger partial charge in [-0.25, -0.2) is 4.98 Å². The molecule has 0 saturated heterocycles. The first-order valence-electron chi connectivity index (χ1n) is 5.89. The molecule has 1 heterocycles. The summed E-state index contributed by atoms with van der Waals surface area (Å²) in [6.07, 6.45) is 0. The van der Waals surface area contributed by atoms with Crippen LogP contribution in [-0.2, 0) is 0 Å². The van der Waals surface area contributed by atoms with Gasteiger partial charge in [-0.2, -0.15) is 0 Å². The topological polar surface area (TPSA) is 33.2 Å². The fourth-order valence-corrected chi connectivity index (χ4v) is 2.48. The van der Waals surface area contributed by atoms with Crippen LogP contribution in [0.5, 0.6) is 0 Å². The Bertz CT molecular complexity index is 602. The van der Waals surface area contributed by atoms with Gasteiger partial charge in [0.15, 0.2) is 0 Å². The Balaban J connectivity index is 2.24. The minimum absolute atomic E-state index is 0.176. The van der Waals surface area contributed by atoms with Gasteiger partial charge < -0.3 is 0 Å². The van der Waals surface area contributed by atoms with Gasteiger partial charge in [-0.1, -0.05) is 66.3 Å². The number of pyridine rings is 1. The van der Waals surface area contributed by atoms with Crippen molar-refractivity contribution < 1.29 is 4.79 Å². The molecule has 1 aromatic heterocycles. The van der Waals surface area contributed by atoms with E-state index in [2.05, 4.69) is 17.8 Å². The molecule has 0 spiro atoms. The largest absolute Gasteiger partial charge is 0.278 e. The summed E-state index contributed by atoms with van der Waals surface area (Å²) in [7, 11) is 0. The van der Waals surface area contributed by atoms with Gasteiger partial charge in [0, 0.05) is 5.56 Å². The number of carbonyl (C=O) groups is 1. The molecule has 2 rings (SSSR count). The lowest BCUT2D eigenvalue weighted by Crippen LogP contribution is -2.25. The van der Waals surface area contributed by atoms with Gasteiger partial charge >= 0.3 is 0 Å². The van der Waals surface area contributed by atoms with Crippen LogP contribution in [0, 0.1) is 0 Å². The average molecular weight is 327 g/mol. The number of hydrogen-bond donors (Lipinski definition) is 1. The number of rotatable bonds is 3. The number of amides is 1. The molecule has 0 aliphatic carbocycles. The van der Waals surface area contributed by atoms with E-state index in [0.29, 0.717) is 5.56 Å². The molecule has 0 N–H and O–H groups in total. The Morgan fingerprint density at radius 1 is 1.20 bits per heavy atom. The lowest BCUT2D eigenvalue weighted by atomic mass is 10.1. The molecule has 0 aliphatic rings. The third-order valence-corrected chi connectivity index (χ3v) is 3.78. The van der Waals surface area contributed by atoms with Gasteiger partial charge in [0.05, 0.1) is 6.04 Å². The SMILES string of the molecule is CC(c1ccccc1)N(S)C(=O)c1cc(Cl)nc(Cl)c1. The Morgan fingerprint density at radius 3 is 2.30 bits per heavy atom. The van der Waals surface area contributed by atoms with Gasteiger partial charge in [0.1, 0.15) is 10.3 Å². The Labute approximate surface area is 133 Å². The summed E-state index contributed by atoms with van der Waals surface area (Å²) in [6.45, 7) is 1.89. The highest BCUT2D eigenvalue weighted by Crippen LogP contribution is 2.25. The van der Waals surface area contributed by atoms with Gasteiger partial charge in [-0.05, 0) is 24.6 Å². The van der Waals surface area contributed by atoms with E-state index in [1.54, 1.807) is 0 Å². The summed E-state index contributed by atoms with van der Waals surface area (Å²) < 4.78 is 1.34. The quantitative estimate of drug-likeness (QED) is 0.668. The minimum Gasteiger partial charge on any atom is -0.278 e. The predicted octanol–water partition coefficient (Wildman–Crippen LogP) is 4.44. The fourth-order valence-electron chi connectivity index (χ4n) is 1.77. The van der Waals surface area contributed by atoms with Gasteiger partial charge in [-0.3, -0.25) is 9.10 Å². The summed E-state index contributed by atoms with van der Waals surface area (Å²) in [5, 5.41) is 0.352. The van der Waals surface area contributed by atoms with Crippen molar-refractivity contribution in [2.45, 2.75) is 13.0 Å². The zero-order chi connectivity index (χ0) is 14.7. The summed E-state index contributed by atoms with van der Waals surface area (Å²) >= 11 is 15.9. The van der Waals surface area contributed by atoms with Crippen molar-refractivity contribution in [3.05, 3.63) is 63.9 Å². The Hall–Kier alpha value is -1.23. The molecule has 0 bridgehead atoms. The molecule has 6 heteroatoms. The first kappa shape index (κ1) is 15.2. The van der Waals surface area contributed by atoms with Crippen LogP contribution in [0.1, 0.15) is 28.9 Å². The van der Waals surface area contributed by atoms with E-state index in [9.17, 15) is 4.79 Å². The molecule has 3 nitrogen and oxygen atoms in total. The van der Waals surface area contributed by atoms with Crippen molar-refractivity contribution in [1.29, 1.82) is 0 Å². The standard InChI is InChI=1S/C14H12Cl2N2OS/c1-9(10-5-3-2-4-6-10)18(20)14(19)11-7-12(15)17-13(16)8-11/h2-9,20H,1H3. The molecule has 1 atom stereocenters. The van der Waals surface area contributed by atoms with E-state index < -0.39 is 0 Å². The maximum Gasteiger partial charge on any atom is 0.264 e. The molecular weight excluding hydrogens is 315 g/mol. The molecule has 20 heavy (non-hydrogen) atoms. The van der Waals surface area contributed by atoms with Crippen LogP contribution in [0.4, 0.5) is 0 Å². The van der Waals surface area contributed by atoms with Crippen LogP contribution in [-0.4, -0.2) is 15.2 Å². The van der Waals surface area contributed by atoms with Crippen LogP contribution >= 0.6 is 36.0 Å². The lowest BCUT2D eigenvalue weighted by Gasteiger charge is -2.24. The molecule has 1 unspecified atom stereocenters. The smallest absolute Gasteiger partial charge is 0.264 e. The molecule has 0 saturated carbocycles. The lowest BCUT2D eigenvalue weighted by molar-refractivity contribution is 0.0843. The third kappa shape index (κ3) is 3.45. The second-order valence-electron chi connectivity index (χ2n) is 4.24. The van der Waals surface area contributed by atoms with Crippen molar-refractivity contribution in [2.24, 2.45) is 0 Å². The molecule has 2 aromatic rings. The van der Waals surface area contributed by atoms with Crippen molar-refractivity contribution in [3.63, 3.8) is 0 Å². The molecule has 1 amide bonds. The Kier molecular flexibility index (Phi) is 4.91. The second kappa shape index (κ2) is 6.48. The van der Waals surface area contributed by atoms with Crippen LogP contribution in [0.2, 0.25) is 10.3 Å². The van der Waals surface area contributed by atoms with Crippen molar-refractivity contribution in [1.82, 2.24) is 9.29 Å². The minimum atomic E-state index is -0.282. The number of benzene rings is 1. The molecule has 1 aromatic carbocycles. The normalized spacial score (nSPS) is 12.0. The predicted molar refractivity (Wildman–Crippen MR) is 84.3 cm³/mol. The number of thiol groups is 1. The summed E-state index contributed by atoms with van der Waals surface area (Å²) in [5.41, 5.74) is 1.34. The monoisotopic (exact) mass is 326 g/mol. The first-order chi connectivity index (χ1) is 9.49. The molecule has 0 fully saturated rings. The number of halogens is 2. The summed E-state index contributed by atoms with van der Waals surface area (Å²) in [6, 6.07) is 12.4. The van der Waals surface area contributed by atoms with Gasteiger partial charge in [0.2, 0.25) is 0 Å². The highest BCUT2D eigenvalue weighted by molar-refractivity contribution is 7.78. The highest BCUT2D eigenvalue weighted by atomic mass is 35.5. The second-order valence-corrected chi connectivity index (χ2v) is 5.44. The molecule has 0 aliphatic heterocycles.